The normalized spacial score (nSPS) is 11.9. The number of aryl methyl sites for hydroxylation is 1. The molecule has 2 nitrogen and oxygen atoms in total. The molecule has 0 spiro atoms. The summed E-state index contributed by atoms with van der Waals surface area (Å²) in [6.07, 6.45) is 2.12. The van der Waals surface area contributed by atoms with E-state index < -0.39 is 0 Å². The van der Waals surface area contributed by atoms with Crippen LogP contribution in [0, 0.1) is 0 Å². The maximum Gasteiger partial charge on any atom is 0.125 e. The van der Waals surface area contributed by atoms with E-state index in [0.29, 0.717) is 0 Å². The third-order valence-electron chi connectivity index (χ3n) is 3.15. The van der Waals surface area contributed by atoms with Crippen LogP contribution in [0.4, 0.5) is 0 Å². The van der Waals surface area contributed by atoms with E-state index in [1.165, 1.54) is 10.6 Å². The van der Waals surface area contributed by atoms with Crippen molar-refractivity contribution in [3.05, 3.63) is 39.9 Å². The van der Waals surface area contributed by atoms with Crippen molar-refractivity contribution in [1.29, 1.82) is 0 Å². The molecule has 0 saturated heterocycles. The van der Waals surface area contributed by atoms with Gasteiger partial charge >= 0.3 is 0 Å². The van der Waals surface area contributed by atoms with Gasteiger partial charge < -0.3 is 5.32 Å². The quantitative estimate of drug-likeness (QED) is 0.807. The molecule has 1 N–H and O–H groups in total. The zero-order valence-corrected chi connectivity index (χ0v) is 14.7. The molecule has 0 atom stereocenters. The molecule has 1 aromatic heterocycles. The number of nitrogens with zero attached hydrogens (tertiary/aromatic N) is 1. The SMILES string of the molecule is CCCc1nc(-c2ccccc2Cl)sc1CNC(C)(C)C. The fourth-order valence-electron chi connectivity index (χ4n) is 2.05. The number of thiazole rings is 1. The van der Waals surface area contributed by atoms with Crippen LogP contribution in [0.25, 0.3) is 10.6 Å². The van der Waals surface area contributed by atoms with Gasteiger partial charge in [-0.2, -0.15) is 0 Å². The molecule has 4 heteroatoms. The van der Waals surface area contributed by atoms with E-state index in [1.54, 1.807) is 11.3 Å². The van der Waals surface area contributed by atoms with Gasteiger partial charge in [0.1, 0.15) is 5.01 Å². The van der Waals surface area contributed by atoms with Crippen LogP contribution in [0.5, 0.6) is 0 Å². The first-order valence-electron chi connectivity index (χ1n) is 7.39. The smallest absolute Gasteiger partial charge is 0.125 e. The lowest BCUT2D eigenvalue weighted by molar-refractivity contribution is 0.425. The first kappa shape index (κ1) is 16.5. The Bertz CT molecular complexity index is 599. The molecule has 0 aliphatic heterocycles. The van der Waals surface area contributed by atoms with Crippen LogP contribution in [0.2, 0.25) is 5.02 Å². The summed E-state index contributed by atoms with van der Waals surface area (Å²) in [5, 5.41) is 5.34. The van der Waals surface area contributed by atoms with Crippen LogP contribution in [-0.4, -0.2) is 10.5 Å². The lowest BCUT2D eigenvalue weighted by Gasteiger charge is -2.20. The van der Waals surface area contributed by atoms with Crippen molar-refractivity contribution in [1.82, 2.24) is 10.3 Å². The standard InChI is InChI=1S/C17H23ClN2S/c1-5-8-14-15(11-19-17(2,3)4)21-16(20-14)12-9-6-7-10-13(12)18/h6-7,9-10,19H,5,8,11H2,1-4H3. The van der Waals surface area contributed by atoms with Gasteiger partial charge in [0, 0.05) is 22.5 Å². The van der Waals surface area contributed by atoms with Gasteiger partial charge in [0.15, 0.2) is 0 Å². The summed E-state index contributed by atoms with van der Waals surface area (Å²) in [7, 11) is 0. The highest BCUT2D eigenvalue weighted by Gasteiger charge is 2.16. The van der Waals surface area contributed by atoms with E-state index in [1.807, 2.05) is 24.3 Å². The second-order valence-corrected chi connectivity index (χ2v) is 7.71. The van der Waals surface area contributed by atoms with E-state index in [4.69, 9.17) is 16.6 Å². The van der Waals surface area contributed by atoms with Crippen molar-refractivity contribution in [2.45, 2.75) is 52.6 Å². The lowest BCUT2D eigenvalue weighted by atomic mass is 10.1. The highest BCUT2D eigenvalue weighted by Crippen LogP contribution is 2.33. The van der Waals surface area contributed by atoms with Crippen molar-refractivity contribution in [2.75, 3.05) is 0 Å². The van der Waals surface area contributed by atoms with Crippen molar-refractivity contribution in [3.8, 4) is 10.6 Å². The number of nitrogens with one attached hydrogen (secondary N) is 1. The van der Waals surface area contributed by atoms with E-state index in [9.17, 15) is 0 Å². The van der Waals surface area contributed by atoms with Crippen molar-refractivity contribution >= 4 is 22.9 Å². The predicted octanol–water partition coefficient (Wildman–Crippen LogP) is 5.30. The maximum atomic E-state index is 6.30. The van der Waals surface area contributed by atoms with Gasteiger partial charge in [0.2, 0.25) is 0 Å². The van der Waals surface area contributed by atoms with Crippen LogP contribution < -0.4 is 5.32 Å². The van der Waals surface area contributed by atoms with Crippen LogP contribution in [0.1, 0.15) is 44.7 Å². The predicted molar refractivity (Wildman–Crippen MR) is 93.1 cm³/mol. The van der Waals surface area contributed by atoms with Crippen molar-refractivity contribution in [3.63, 3.8) is 0 Å². The summed E-state index contributed by atoms with van der Waals surface area (Å²) in [4.78, 5) is 6.15. The lowest BCUT2D eigenvalue weighted by Crippen LogP contribution is -2.35. The molecule has 0 fully saturated rings. The van der Waals surface area contributed by atoms with Gasteiger partial charge in [-0.15, -0.1) is 11.3 Å². The maximum absolute atomic E-state index is 6.30. The Morgan fingerprint density at radius 1 is 1.24 bits per heavy atom. The molecular weight excluding hydrogens is 300 g/mol. The summed E-state index contributed by atoms with van der Waals surface area (Å²) in [5.41, 5.74) is 2.34. The molecule has 114 valence electrons. The fraction of sp³-hybridized carbons (Fsp3) is 0.471. The topological polar surface area (TPSA) is 24.9 Å². The number of hydrogen-bond acceptors (Lipinski definition) is 3. The minimum atomic E-state index is 0.109. The fourth-order valence-corrected chi connectivity index (χ4v) is 3.42. The van der Waals surface area contributed by atoms with Gasteiger partial charge in [-0.3, -0.25) is 0 Å². The first-order chi connectivity index (χ1) is 9.90. The highest BCUT2D eigenvalue weighted by molar-refractivity contribution is 7.15. The number of rotatable bonds is 5. The summed E-state index contributed by atoms with van der Waals surface area (Å²) in [6.45, 7) is 9.60. The average Bonchev–Trinajstić information content (AvgIpc) is 2.80. The van der Waals surface area contributed by atoms with Gasteiger partial charge in [-0.05, 0) is 33.3 Å². The van der Waals surface area contributed by atoms with E-state index in [-0.39, 0.29) is 5.54 Å². The number of benzene rings is 1. The summed E-state index contributed by atoms with van der Waals surface area (Å²) in [6, 6.07) is 7.92. The molecule has 0 amide bonds. The van der Waals surface area contributed by atoms with Crippen LogP contribution in [0.15, 0.2) is 24.3 Å². The molecule has 0 saturated carbocycles. The highest BCUT2D eigenvalue weighted by atomic mass is 35.5. The van der Waals surface area contributed by atoms with Gasteiger partial charge in [0.25, 0.3) is 0 Å². The minimum Gasteiger partial charge on any atom is -0.307 e. The molecule has 0 unspecified atom stereocenters. The molecule has 1 aromatic carbocycles. The van der Waals surface area contributed by atoms with E-state index >= 15 is 0 Å². The third kappa shape index (κ3) is 4.53. The molecule has 21 heavy (non-hydrogen) atoms. The third-order valence-corrected chi connectivity index (χ3v) is 4.61. The average molecular weight is 323 g/mol. The Hall–Kier alpha value is -0.900. The Morgan fingerprint density at radius 2 is 1.95 bits per heavy atom. The van der Waals surface area contributed by atoms with Crippen molar-refractivity contribution in [2.24, 2.45) is 0 Å². The summed E-state index contributed by atoms with van der Waals surface area (Å²) in [5.74, 6) is 0. The zero-order valence-electron chi connectivity index (χ0n) is 13.2. The van der Waals surface area contributed by atoms with Gasteiger partial charge in [-0.25, -0.2) is 4.98 Å². The number of aromatic nitrogens is 1. The molecule has 0 radical (unpaired) electrons. The first-order valence-corrected chi connectivity index (χ1v) is 8.58. The number of halogens is 1. The van der Waals surface area contributed by atoms with Crippen LogP contribution >= 0.6 is 22.9 Å². The minimum absolute atomic E-state index is 0.109. The van der Waals surface area contributed by atoms with Gasteiger partial charge in [-0.1, -0.05) is 43.1 Å². The zero-order chi connectivity index (χ0) is 15.5. The Morgan fingerprint density at radius 3 is 2.57 bits per heavy atom. The Balaban J connectivity index is 2.30. The van der Waals surface area contributed by atoms with E-state index in [0.717, 1.165) is 35.0 Å². The summed E-state index contributed by atoms with van der Waals surface area (Å²) >= 11 is 8.05. The Kier molecular flexibility index (Phi) is 5.42. The largest absolute Gasteiger partial charge is 0.307 e. The van der Waals surface area contributed by atoms with E-state index in [2.05, 4.69) is 33.0 Å². The molecule has 0 aliphatic carbocycles. The Labute approximate surface area is 136 Å². The second-order valence-electron chi connectivity index (χ2n) is 6.22. The molecule has 1 heterocycles. The second kappa shape index (κ2) is 6.91. The van der Waals surface area contributed by atoms with Crippen molar-refractivity contribution < 1.29 is 0 Å². The molecule has 2 aromatic rings. The van der Waals surface area contributed by atoms with Crippen LogP contribution in [0.3, 0.4) is 0 Å². The summed E-state index contributed by atoms with van der Waals surface area (Å²) < 4.78 is 0. The monoisotopic (exact) mass is 322 g/mol. The molecule has 0 bridgehead atoms. The molecule has 0 aliphatic rings. The molecular formula is C17H23ClN2S. The van der Waals surface area contributed by atoms with Gasteiger partial charge in [0.05, 0.1) is 10.7 Å². The molecule has 2 rings (SSSR count). The van der Waals surface area contributed by atoms with Crippen LogP contribution in [-0.2, 0) is 13.0 Å². The number of hydrogen-bond donors (Lipinski definition) is 1.